The fraction of sp³-hybridized carbons (Fsp3) is 0.375. The van der Waals surface area contributed by atoms with Crippen LogP contribution in [0.2, 0.25) is 0 Å². The highest BCUT2D eigenvalue weighted by Gasteiger charge is 2.05. The maximum absolute atomic E-state index is 11.8. The number of benzene rings is 1. The summed E-state index contributed by atoms with van der Waals surface area (Å²) < 4.78 is 1.81. The SMILES string of the molecule is CC(N)CCCC(=O)Nc1cnn(Cc2ccccc2)c1. The van der Waals surface area contributed by atoms with Crippen molar-refractivity contribution in [1.29, 1.82) is 0 Å². The van der Waals surface area contributed by atoms with Crippen molar-refractivity contribution in [3.8, 4) is 0 Å². The van der Waals surface area contributed by atoms with Crippen LogP contribution < -0.4 is 11.1 Å². The Morgan fingerprint density at radius 3 is 2.86 bits per heavy atom. The van der Waals surface area contributed by atoms with E-state index in [9.17, 15) is 4.79 Å². The molecule has 1 aromatic heterocycles. The second-order valence-electron chi connectivity index (χ2n) is 5.33. The molecule has 1 unspecified atom stereocenters. The molecule has 0 radical (unpaired) electrons. The molecule has 2 aromatic rings. The quantitative estimate of drug-likeness (QED) is 0.820. The summed E-state index contributed by atoms with van der Waals surface area (Å²) in [7, 11) is 0. The third kappa shape index (κ3) is 5.39. The minimum absolute atomic E-state index is 0.00918. The molecule has 1 aromatic carbocycles. The van der Waals surface area contributed by atoms with Crippen LogP contribution in [0.1, 0.15) is 31.7 Å². The Hall–Kier alpha value is -2.14. The Labute approximate surface area is 125 Å². The predicted molar refractivity (Wildman–Crippen MR) is 83.9 cm³/mol. The van der Waals surface area contributed by atoms with Crippen LogP contribution in [0.5, 0.6) is 0 Å². The average molecular weight is 286 g/mol. The predicted octanol–water partition coefficient (Wildman–Crippen LogP) is 2.39. The van der Waals surface area contributed by atoms with Gasteiger partial charge in [-0.25, -0.2) is 0 Å². The number of amides is 1. The minimum atomic E-state index is 0.00918. The van der Waals surface area contributed by atoms with Gasteiger partial charge in [-0.15, -0.1) is 0 Å². The molecule has 3 N–H and O–H groups in total. The topological polar surface area (TPSA) is 72.9 Å². The number of hydrogen-bond donors (Lipinski definition) is 2. The van der Waals surface area contributed by atoms with E-state index >= 15 is 0 Å². The van der Waals surface area contributed by atoms with Crippen molar-refractivity contribution in [3.63, 3.8) is 0 Å². The van der Waals surface area contributed by atoms with E-state index in [0.29, 0.717) is 13.0 Å². The Kier molecular flexibility index (Phi) is 5.51. The summed E-state index contributed by atoms with van der Waals surface area (Å²) in [6.45, 7) is 2.65. The minimum Gasteiger partial charge on any atom is -0.328 e. The van der Waals surface area contributed by atoms with Gasteiger partial charge < -0.3 is 11.1 Å². The van der Waals surface area contributed by atoms with E-state index in [0.717, 1.165) is 18.5 Å². The third-order valence-electron chi connectivity index (χ3n) is 3.17. The molecule has 1 heterocycles. The molecule has 0 saturated heterocycles. The molecule has 1 atom stereocenters. The van der Waals surface area contributed by atoms with Gasteiger partial charge in [0.25, 0.3) is 0 Å². The molecule has 0 aliphatic carbocycles. The van der Waals surface area contributed by atoms with Crippen LogP contribution in [0.3, 0.4) is 0 Å². The monoisotopic (exact) mass is 286 g/mol. The molecular formula is C16H22N4O. The normalized spacial score (nSPS) is 12.1. The molecule has 0 spiro atoms. The molecule has 112 valence electrons. The maximum Gasteiger partial charge on any atom is 0.224 e. The molecule has 0 fully saturated rings. The smallest absolute Gasteiger partial charge is 0.224 e. The van der Waals surface area contributed by atoms with E-state index in [-0.39, 0.29) is 11.9 Å². The zero-order valence-corrected chi connectivity index (χ0v) is 12.3. The van der Waals surface area contributed by atoms with Gasteiger partial charge in [-0.05, 0) is 25.3 Å². The van der Waals surface area contributed by atoms with Gasteiger partial charge in [0.1, 0.15) is 0 Å². The molecule has 0 bridgehead atoms. The average Bonchev–Trinajstić information content (AvgIpc) is 2.86. The first kappa shape index (κ1) is 15.3. The highest BCUT2D eigenvalue weighted by atomic mass is 16.1. The van der Waals surface area contributed by atoms with Gasteiger partial charge in [0.15, 0.2) is 0 Å². The first-order chi connectivity index (χ1) is 10.1. The van der Waals surface area contributed by atoms with Crippen LogP contribution in [0.4, 0.5) is 5.69 Å². The highest BCUT2D eigenvalue weighted by Crippen LogP contribution is 2.09. The van der Waals surface area contributed by atoms with Gasteiger partial charge in [-0.1, -0.05) is 30.3 Å². The van der Waals surface area contributed by atoms with E-state index < -0.39 is 0 Å². The van der Waals surface area contributed by atoms with Gasteiger partial charge in [-0.3, -0.25) is 9.48 Å². The lowest BCUT2D eigenvalue weighted by molar-refractivity contribution is -0.116. The van der Waals surface area contributed by atoms with Crippen molar-refractivity contribution in [2.75, 3.05) is 5.32 Å². The van der Waals surface area contributed by atoms with Crippen LogP contribution in [0, 0.1) is 0 Å². The number of carbonyl (C=O) groups excluding carboxylic acids is 1. The second-order valence-corrected chi connectivity index (χ2v) is 5.33. The summed E-state index contributed by atoms with van der Waals surface area (Å²) in [6, 6.07) is 10.2. The second kappa shape index (κ2) is 7.59. The fourth-order valence-electron chi connectivity index (χ4n) is 2.09. The molecule has 0 aliphatic rings. The largest absolute Gasteiger partial charge is 0.328 e. The Bertz CT molecular complexity index is 563. The lowest BCUT2D eigenvalue weighted by atomic mass is 10.1. The number of aromatic nitrogens is 2. The number of nitrogens with zero attached hydrogens (tertiary/aromatic N) is 2. The number of anilines is 1. The summed E-state index contributed by atoms with van der Waals surface area (Å²) in [5, 5.41) is 7.11. The van der Waals surface area contributed by atoms with Gasteiger partial charge >= 0.3 is 0 Å². The van der Waals surface area contributed by atoms with Crippen molar-refractivity contribution in [2.45, 2.75) is 38.8 Å². The molecule has 5 heteroatoms. The fourth-order valence-corrected chi connectivity index (χ4v) is 2.09. The van der Waals surface area contributed by atoms with Crippen molar-refractivity contribution in [3.05, 3.63) is 48.3 Å². The summed E-state index contributed by atoms with van der Waals surface area (Å²) in [5.41, 5.74) is 7.57. The van der Waals surface area contributed by atoms with E-state index in [1.54, 1.807) is 6.20 Å². The first-order valence-corrected chi connectivity index (χ1v) is 7.25. The van der Waals surface area contributed by atoms with Crippen molar-refractivity contribution < 1.29 is 4.79 Å². The molecule has 2 rings (SSSR count). The Morgan fingerprint density at radius 1 is 1.38 bits per heavy atom. The summed E-state index contributed by atoms with van der Waals surface area (Å²) >= 11 is 0. The standard InChI is InChI=1S/C16H22N4O/c1-13(17)6-5-9-16(21)19-15-10-18-20(12-15)11-14-7-3-2-4-8-14/h2-4,7-8,10,12-13H,5-6,9,11,17H2,1H3,(H,19,21). The van der Waals surface area contributed by atoms with Crippen LogP contribution in [0.15, 0.2) is 42.7 Å². The molecule has 5 nitrogen and oxygen atoms in total. The molecule has 0 aliphatic heterocycles. The number of rotatable bonds is 7. The molecule has 21 heavy (non-hydrogen) atoms. The summed E-state index contributed by atoms with van der Waals surface area (Å²) in [4.78, 5) is 11.8. The summed E-state index contributed by atoms with van der Waals surface area (Å²) in [6.07, 6.45) is 5.68. The Balaban J connectivity index is 1.81. The first-order valence-electron chi connectivity index (χ1n) is 7.25. The zero-order valence-electron chi connectivity index (χ0n) is 12.3. The van der Waals surface area contributed by atoms with E-state index in [2.05, 4.69) is 10.4 Å². The molecule has 0 saturated carbocycles. The van der Waals surface area contributed by atoms with Gasteiger partial charge in [-0.2, -0.15) is 5.10 Å². The van der Waals surface area contributed by atoms with Gasteiger partial charge in [0.05, 0.1) is 18.4 Å². The van der Waals surface area contributed by atoms with Gasteiger partial charge in [0, 0.05) is 18.7 Å². The van der Waals surface area contributed by atoms with Crippen molar-refractivity contribution in [2.24, 2.45) is 5.73 Å². The van der Waals surface area contributed by atoms with Crippen LogP contribution in [0.25, 0.3) is 0 Å². The number of carbonyl (C=O) groups is 1. The zero-order chi connectivity index (χ0) is 15.1. The van der Waals surface area contributed by atoms with Crippen molar-refractivity contribution in [1.82, 2.24) is 9.78 Å². The summed E-state index contributed by atoms with van der Waals surface area (Å²) in [5.74, 6) is 0.00918. The van der Waals surface area contributed by atoms with E-state index in [1.807, 2.05) is 48.1 Å². The molecular weight excluding hydrogens is 264 g/mol. The number of hydrogen-bond acceptors (Lipinski definition) is 3. The highest BCUT2D eigenvalue weighted by molar-refractivity contribution is 5.90. The molecule has 1 amide bonds. The third-order valence-corrected chi connectivity index (χ3v) is 3.17. The number of nitrogens with two attached hydrogens (primary N) is 1. The number of nitrogens with one attached hydrogen (secondary N) is 1. The van der Waals surface area contributed by atoms with Crippen LogP contribution in [-0.4, -0.2) is 21.7 Å². The lowest BCUT2D eigenvalue weighted by Gasteiger charge is -2.05. The van der Waals surface area contributed by atoms with E-state index in [1.165, 1.54) is 5.56 Å². The van der Waals surface area contributed by atoms with Crippen LogP contribution in [-0.2, 0) is 11.3 Å². The van der Waals surface area contributed by atoms with Crippen molar-refractivity contribution >= 4 is 11.6 Å². The maximum atomic E-state index is 11.8. The van der Waals surface area contributed by atoms with Gasteiger partial charge in [0.2, 0.25) is 5.91 Å². The van der Waals surface area contributed by atoms with E-state index in [4.69, 9.17) is 5.73 Å². The Morgan fingerprint density at radius 2 is 2.14 bits per heavy atom. The van der Waals surface area contributed by atoms with Crippen LogP contribution >= 0.6 is 0 Å². The lowest BCUT2D eigenvalue weighted by Crippen LogP contribution is -2.16.